The van der Waals surface area contributed by atoms with E-state index in [-0.39, 0.29) is 17.4 Å². The summed E-state index contributed by atoms with van der Waals surface area (Å²) >= 11 is 0. The quantitative estimate of drug-likeness (QED) is 0.795. The molecule has 0 aliphatic heterocycles. The van der Waals surface area contributed by atoms with Crippen LogP contribution in [0.1, 0.15) is 51.2 Å². The van der Waals surface area contributed by atoms with Crippen molar-refractivity contribution in [1.29, 1.82) is 0 Å². The molecule has 0 amide bonds. The Morgan fingerprint density at radius 3 is 2.57 bits per heavy atom. The maximum Gasteiger partial charge on any atom is 0.231 e. The largest absolute Gasteiger partial charge is 0.339 e. The van der Waals surface area contributed by atoms with Crippen LogP contribution >= 0.6 is 0 Å². The van der Waals surface area contributed by atoms with E-state index in [2.05, 4.69) is 17.1 Å². The van der Waals surface area contributed by atoms with Crippen molar-refractivity contribution in [1.82, 2.24) is 10.1 Å². The van der Waals surface area contributed by atoms with Gasteiger partial charge >= 0.3 is 0 Å². The number of hydrogen-bond acceptors (Lipinski definition) is 4. The average Bonchev–Trinajstić information content (AvgIpc) is 2.69. The van der Waals surface area contributed by atoms with Crippen molar-refractivity contribution < 1.29 is 4.52 Å². The molecule has 1 saturated carbocycles. The molecule has 1 aliphatic carbocycles. The fourth-order valence-corrected chi connectivity index (χ4v) is 1.30. The highest BCUT2D eigenvalue weighted by molar-refractivity contribution is 5.15. The van der Waals surface area contributed by atoms with E-state index in [0.29, 0.717) is 5.89 Å². The van der Waals surface area contributed by atoms with Crippen molar-refractivity contribution in [2.75, 3.05) is 0 Å². The van der Waals surface area contributed by atoms with Gasteiger partial charge in [0.1, 0.15) is 0 Å². The standard InChI is InChI=1S/C10H17N3O/c1-6(7(2)11)8-12-9(13-14-8)10(3)4-5-10/h6-7H,4-5,11H2,1-3H3. The van der Waals surface area contributed by atoms with E-state index in [9.17, 15) is 0 Å². The van der Waals surface area contributed by atoms with Crippen LogP contribution in [0.4, 0.5) is 0 Å². The fourth-order valence-electron chi connectivity index (χ4n) is 1.30. The van der Waals surface area contributed by atoms with Crippen molar-refractivity contribution in [3.63, 3.8) is 0 Å². The summed E-state index contributed by atoms with van der Waals surface area (Å²) < 4.78 is 5.21. The molecule has 0 radical (unpaired) electrons. The highest BCUT2D eigenvalue weighted by Gasteiger charge is 2.43. The molecule has 14 heavy (non-hydrogen) atoms. The molecule has 2 rings (SSSR count). The third kappa shape index (κ3) is 1.54. The van der Waals surface area contributed by atoms with Crippen LogP contribution in [0, 0.1) is 0 Å². The molecule has 78 valence electrons. The van der Waals surface area contributed by atoms with Gasteiger partial charge in [0.2, 0.25) is 5.89 Å². The lowest BCUT2D eigenvalue weighted by atomic mass is 10.1. The molecule has 1 aromatic heterocycles. The summed E-state index contributed by atoms with van der Waals surface area (Å²) in [6, 6.07) is 0.0512. The summed E-state index contributed by atoms with van der Waals surface area (Å²) in [5.74, 6) is 1.65. The number of nitrogens with zero attached hydrogens (tertiary/aromatic N) is 2. The molecule has 2 atom stereocenters. The zero-order valence-corrected chi connectivity index (χ0v) is 8.95. The van der Waals surface area contributed by atoms with Crippen molar-refractivity contribution in [2.45, 2.75) is 51.0 Å². The highest BCUT2D eigenvalue weighted by Crippen LogP contribution is 2.46. The summed E-state index contributed by atoms with van der Waals surface area (Å²) in [5, 5.41) is 4.01. The van der Waals surface area contributed by atoms with Crippen LogP contribution in [0.25, 0.3) is 0 Å². The first-order chi connectivity index (χ1) is 6.53. The van der Waals surface area contributed by atoms with Gasteiger partial charge in [0.15, 0.2) is 5.82 Å². The molecule has 2 N–H and O–H groups in total. The van der Waals surface area contributed by atoms with Gasteiger partial charge in [-0.2, -0.15) is 4.98 Å². The second-order valence-corrected chi connectivity index (χ2v) is 4.66. The summed E-state index contributed by atoms with van der Waals surface area (Å²) in [4.78, 5) is 4.41. The van der Waals surface area contributed by atoms with E-state index < -0.39 is 0 Å². The van der Waals surface area contributed by atoms with Crippen molar-refractivity contribution in [3.8, 4) is 0 Å². The molecule has 0 spiro atoms. The number of rotatable bonds is 3. The Bertz CT molecular complexity index is 328. The molecule has 4 heteroatoms. The predicted molar refractivity (Wildman–Crippen MR) is 52.9 cm³/mol. The van der Waals surface area contributed by atoms with Crippen molar-refractivity contribution in [2.24, 2.45) is 5.73 Å². The SMILES string of the molecule is CC(N)C(C)c1nc(C2(C)CC2)no1. The van der Waals surface area contributed by atoms with Crippen LogP contribution in [-0.4, -0.2) is 16.2 Å². The lowest BCUT2D eigenvalue weighted by Crippen LogP contribution is -2.22. The molecule has 2 unspecified atom stereocenters. The molecule has 1 aromatic rings. The first-order valence-electron chi connectivity index (χ1n) is 5.12. The van der Waals surface area contributed by atoms with Crippen LogP contribution < -0.4 is 5.73 Å². The smallest absolute Gasteiger partial charge is 0.231 e. The summed E-state index contributed by atoms with van der Waals surface area (Å²) in [6.45, 7) is 6.13. The first-order valence-corrected chi connectivity index (χ1v) is 5.12. The van der Waals surface area contributed by atoms with Crippen molar-refractivity contribution >= 4 is 0 Å². The minimum atomic E-state index is 0.0512. The number of aromatic nitrogens is 2. The van der Waals surface area contributed by atoms with E-state index >= 15 is 0 Å². The van der Waals surface area contributed by atoms with Crippen LogP contribution in [0.5, 0.6) is 0 Å². The molecule has 4 nitrogen and oxygen atoms in total. The molecular weight excluding hydrogens is 178 g/mol. The van der Waals surface area contributed by atoms with Crippen LogP contribution in [0.15, 0.2) is 4.52 Å². The average molecular weight is 195 g/mol. The molecule has 1 aliphatic rings. The van der Waals surface area contributed by atoms with E-state index in [1.807, 2.05) is 13.8 Å². The van der Waals surface area contributed by atoms with Gasteiger partial charge in [-0.25, -0.2) is 0 Å². The van der Waals surface area contributed by atoms with Crippen LogP contribution in [0.2, 0.25) is 0 Å². The zero-order valence-electron chi connectivity index (χ0n) is 8.95. The Labute approximate surface area is 83.9 Å². The van der Waals surface area contributed by atoms with Gasteiger partial charge in [-0.3, -0.25) is 0 Å². The normalized spacial score (nSPS) is 23.1. The minimum Gasteiger partial charge on any atom is -0.339 e. The molecule has 1 heterocycles. The molecular formula is C10H17N3O. The summed E-state index contributed by atoms with van der Waals surface area (Å²) in [6.07, 6.45) is 2.33. The Morgan fingerprint density at radius 1 is 1.43 bits per heavy atom. The first kappa shape index (κ1) is 9.65. The van der Waals surface area contributed by atoms with Gasteiger partial charge in [0.05, 0.1) is 5.92 Å². The fraction of sp³-hybridized carbons (Fsp3) is 0.800. The van der Waals surface area contributed by atoms with Gasteiger partial charge < -0.3 is 10.3 Å². The molecule has 1 fully saturated rings. The second kappa shape index (κ2) is 3.05. The van der Waals surface area contributed by atoms with E-state index in [4.69, 9.17) is 10.3 Å². The lowest BCUT2D eigenvalue weighted by Gasteiger charge is -2.09. The Hall–Kier alpha value is -0.900. The van der Waals surface area contributed by atoms with Gasteiger partial charge in [-0.05, 0) is 19.8 Å². The Balaban J connectivity index is 2.17. The molecule has 0 bridgehead atoms. The Kier molecular flexibility index (Phi) is 2.10. The minimum absolute atomic E-state index is 0.0512. The van der Waals surface area contributed by atoms with E-state index in [1.165, 1.54) is 12.8 Å². The highest BCUT2D eigenvalue weighted by atomic mass is 16.5. The van der Waals surface area contributed by atoms with Crippen molar-refractivity contribution in [3.05, 3.63) is 11.7 Å². The lowest BCUT2D eigenvalue weighted by molar-refractivity contribution is 0.341. The van der Waals surface area contributed by atoms with Crippen LogP contribution in [0.3, 0.4) is 0 Å². The second-order valence-electron chi connectivity index (χ2n) is 4.66. The van der Waals surface area contributed by atoms with Gasteiger partial charge in [-0.1, -0.05) is 19.0 Å². The molecule has 0 saturated heterocycles. The topological polar surface area (TPSA) is 64.9 Å². The summed E-state index contributed by atoms with van der Waals surface area (Å²) in [5.41, 5.74) is 5.95. The monoisotopic (exact) mass is 195 g/mol. The third-order valence-corrected chi connectivity index (χ3v) is 3.16. The Morgan fingerprint density at radius 2 is 2.07 bits per heavy atom. The van der Waals surface area contributed by atoms with Gasteiger partial charge in [-0.15, -0.1) is 0 Å². The number of nitrogens with two attached hydrogens (primary N) is 1. The number of hydrogen-bond donors (Lipinski definition) is 1. The zero-order chi connectivity index (χ0) is 10.3. The van der Waals surface area contributed by atoms with E-state index in [1.54, 1.807) is 0 Å². The third-order valence-electron chi connectivity index (χ3n) is 3.16. The predicted octanol–water partition coefficient (Wildman–Crippen LogP) is 1.57. The maximum absolute atomic E-state index is 5.77. The summed E-state index contributed by atoms with van der Waals surface area (Å²) in [7, 11) is 0. The van der Waals surface area contributed by atoms with Gasteiger partial charge in [0.25, 0.3) is 0 Å². The molecule has 0 aromatic carbocycles. The van der Waals surface area contributed by atoms with Crippen LogP contribution in [-0.2, 0) is 5.41 Å². The maximum atomic E-state index is 5.77. The van der Waals surface area contributed by atoms with Gasteiger partial charge in [0, 0.05) is 11.5 Å². The van der Waals surface area contributed by atoms with E-state index in [0.717, 1.165) is 5.82 Å².